The number of carbonyl (C=O) groups excluding carboxylic acids is 9. The number of methoxy groups -OCH3 is 1. The van der Waals surface area contributed by atoms with Crippen LogP contribution in [0.1, 0.15) is 72.9 Å². The van der Waals surface area contributed by atoms with Crippen LogP contribution in [0.25, 0.3) is 10.4 Å². The first kappa shape index (κ1) is 83.9. The maximum Gasteiger partial charge on any atom is 0.468 e. The molecule has 5 aromatic carbocycles. The molecule has 580 valence electrons. The Morgan fingerprint density at radius 3 is 1.68 bits per heavy atom. The fourth-order valence-electron chi connectivity index (χ4n) is 11.4. The number of rotatable bonds is 30. The van der Waals surface area contributed by atoms with Gasteiger partial charge in [0.25, 0.3) is 11.7 Å². The number of para-hydroxylation sites is 1. The van der Waals surface area contributed by atoms with Crippen molar-refractivity contribution in [1.82, 2.24) is 5.32 Å². The minimum Gasteiger partial charge on any atom is -0.465 e. The van der Waals surface area contributed by atoms with Gasteiger partial charge in [-0.3, -0.25) is 24.0 Å². The van der Waals surface area contributed by atoms with E-state index in [2.05, 4.69) is 20.3 Å². The van der Waals surface area contributed by atoms with Gasteiger partial charge < -0.3 is 85.8 Å². The Morgan fingerprint density at radius 1 is 0.611 bits per heavy atom. The predicted octanol–water partition coefficient (Wildman–Crippen LogP) is 9.49. The zero-order valence-electron chi connectivity index (χ0n) is 58.2. The molecule has 1 N–H and O–H groups in total. The minimum atomic E-state index is -5.44. The van der Waals surface area contributed by atoms with Gasteiger partial charge in [0.2, 0.25) is 10.1 Å². The maximum atomic E-state index is 15.6. The molecule has 3 aliphatic rings. The highest BCUT2D eigenvalue weighted by Gasteiger charge is 2.62. The van der Waals surface area contributed by atoms with Crippen molar-refractivity contribution in [3.63, 3.8) is 0 Å². The van der Waals surface area contributed by atoms with Gasteiger partial charge in [0, 0.05) is 39.5 Å². The lowest BCUT2D eigenvalue weighted by Crippen LogP contribution is -2.69. The van der Waals surface area contributed by atoms with Crippen LogP contribution in [-0.4, -0.2) is 201 Å². The molecule has 1 amide bonds. The monoisotopic (exact) mass is 1570 g/mol. The summed E-state index contributed by atoms with van der Waals surface area (Å²) in [6.45, 7) is 0.00184. The molecule has 0 saturated carbocycles. The molecule has 5 aromatic rings. The number of esters is 8. The highest BCUT2D eigenvalue weighted by molar-refractivity contribution is 6.67. The van der Waals surface area contributed by atoms with Gasteiger partial charge in [0.15, 0.2) is 36.8 Å². The topological polar surface area (TPSA) is 384 Å². The number of hydrogen-bond acceptors (Lipinski definition) is 28. The SMILES string of the molecule is COC(=O)[C@@]1(OC[C@H]2O[C@@H](O[C@H]3[C@H](OCc4ccccc4)[C@@H](NC(=O)OCC(Cl)(Cl)Cl)C(OC(=Nc4ccccc4)C(F)(F)F)O[C@@H]3COCc3ccccc3)[C@H](OC(=O)c3ccccc3)[C@@H](OC(=O)c3ccccc3)[C@H]2OC(C)=O)C[C@H](OC(C)=O)[C@@H](N=[N+]=[N-])[C@H]([C@H](OC(C)=O)[C@@H](COC(C)=O)OC(C)=O)O1. The third-order valence-electron chi connectivity index (χ3n) is 15.9. The molecule has 37 heteroatoms. The van der Waals surface area contributed by atoms with Crippen LogP contribution in [0.3, 0.4) is 0 Å². The van der Waals surface area contributed by atoms with Gasteiger partial charge in [-0.2, -0.15) is 13.2 Å². The van der Waals surface area contributed by atoms with Crippen molar-refractivity contribution in [3.8, 4) is 0 Å². The fraction of sp³-hybridized carbons (Fsp3) is 0.437. The van der Waals surface area contributed by atoms with E-state index in [4.69, 9.17) is 115 Å². The van der Waals surface area contributed by atoms with E-state index < -0.39 is 207 Å². The normalized spacial score (nSPS) is 24.8. The number of amides is 1. The molecule has 1 unspecified atom stereocenters. The van der Waals surface area contributed by atoms with E-state index >= 15 is 13.2 Å². The summed E-state index contributed by atoms with van der Waals surface area (Å²) in [6, 6.07) is 33.4. The molecule has 3 heterocycles. The number of hydrogen-bond donors (Lipinski definition) is 1. The summed E-state index contributed by atoms with van der Waals surface area (Å²) >= 11 is 18.1. The number of benzene rings is 5. The number of alkyl carbamates (subject to hydrolysis) is 1. The largest absolute Gasteiger partial charge is 0.468 e. The van der Waals surface area contributed by atoms with Crippen LogP contribution in [0, 0.1) is 0 Å². The standard InChI is InChI=1S/C71H73Cl3F3N5O26/c1-39(83)94-36-51(99-41(3)85)56(100-42(4)86)59-53(81-82-78)49(98-40(2)84)32-69(108-59,67(90)92-6)97-37-52-57(101-43(5)87)60(104-62(88)46-26-16-9-17-27-46)61(105-63(89)47-28-18-10-19-29-47)65(103-52)106-55-50(35-93-33-44-22-12-7-13-23-44)102-64(107-66(71(75,76)77)79-48-30-20-11-21-31-48)54(80-68(91)96-38-70(72,73)74)58(55)95-34-45-24-14-8-15-25-45/h7-31,49-61,64-65H,32-38H2,1-6H3,(H,80,91)/t49-,50+,51+,52+,53+,54+,55+,56+,57-,58+,59+,60-,61+,64?,65-,69+/m0/s1. The summed E-state index contributed by atoms with van der Waals surface area (Å²) in [5, 5.41) is 6.19. The molecule has 31 nitrogen and oxygen atoms in total. The Hall–Kier alpha value is -9.71. The van der Waals surface area contributed by atoms with Crippen LogP contribution in [0.5, 0.6) is 0 Å². The lowest BCUT2D eigenvalue weighted by atomic mass is 9.88. The van der Waals surface area contributed by atoms with Gasteiger partial charge in [0.1, 0.15) is 61.9 Å². The van der Waals surface area contributed by atoms with Crippen molar-refractivity contribution >= 4 is 100 Å². The zero-order valence-corrected chi connectivity index (χ0v) is 60.5. The summed E-state index contributed by atoms with van der Waals surface area (Å²) in [4.78, 5) is 131. The highest BCUT2D eigenvalue weighted by Crippen LogP contribution is 2.42. The molecular weight excluding hydrogens is 1500 g/mol. The second-order valence-corrected chi connectivity index (χ2v) is 26.5. The molecule has 0 radical (unpaired) electrons. The van der Waals surface area contributed by atoms with Crippen LogP contribution in [0.2, 0.25) is 0 Å². The highest BCUT2D eigenvalue weighted by atomic mass is 35.6. The van der Waals surface area contributed by atoms with Crippen LogP contribution in [0.4, 0.5) is 23.7 Å². The first-order valence-electron chi connectivity index (χ1n) is 32.8. The number of ether oxygens (including phenoxy) is 17. The second kappa shape index (κ2) is 39.4. The van der Waals surface area contributed by atoms with Crippen LogP contribution >= 0.6 is 34.8 Å². The summed E-state index contributed by atoms with van der Waals surface area (Å²) in [7, 11) is 0.840. The van der Waals surface area contributed by atoms with Crippen molar-refractivity contribution < 1.29 is 137 Å². The molecule has 3 fully saturated rings. The van der Waals surface area contributed by atoms with Gasteiger partial charge in [-0.1, -0.05) is 155 Å². The number of nitrogens with zero attached hydrogens (tertiary/aromatic N) is 4. The molecular formula is C71H73Cl3F3N5O26. The number of aliphatic imine (C=N–C) groups is 1. The molecule has 0 spiro atoms. The summed E-state index contributed by atoms with van der Waals surface area (Å²) in [6.07, 6.45) is -35.5. The van der Waals surface area contributed by atoms with Gasteiger partial charge >= 0.3 is 60.0 Å². The molecule has 3 aliphatic heterocycles. The van der Waals surface area contributed by atoms with E-state index in [1.54, 1.807) is 72.8 Å². The number of halogens is 6. The Kier molecular flexibility index (Phi) is 30.6. The second-order valence-electron chi connectivity index (χ2n) is 23.9. The number of azide groups is 1. The molecule has 8 rings (SSSR count). The third-order valence-corrected chi connectivity index (χ3v) is 16.2. The molecule has 16 atom stereocenters. The number of nitrogens with one attached hydrogen (secondary N) is 1. The smallest absolute Gasteiger partial charge is 0.465 e. The van der Waals surface area contributed by atoms with Crippen LogP contribution in [0.15, 0.2) is 162 Å². The summed E-state index contributed by atoms with van der Waals surface area (Å²) in [5.74, 6) is -14.4. The zero-order chi connectivity index (χ0) is 78.3. The summed E-state index contributed by atoms with van der Waals surface area (Å²) in [5.41, 5.74) is 10.4. The van der Waals surface area contributed by atoms with Crippen molar-refractivity contribution in [3.05, 3.63) is 184 Å². The minimum absolute atomic E-state index is 0.173. The number of carbonyl (C=O) groups is 9. The number of alkyl halides is 6. The fourth-order valence-corrected chi connectivity index (χ4v) is 11.6. The van der Waals surface area contributed by atoms with Crippen molar-refractivity contribution in [1.29, 1.82) is 0 Å². The lowest BCUT2D eigenvalue weighted by molar-refractivity contribution is -0.359. The van der Waals surface area contributed by atoms with E-state index in [1.165, 1.54) is 78.9 Å². The van der Waals surface area contributed by atoms with Crippen molar-refractivity contribution in [2.45, 2.75) is 162 Å². The maximum absolute atomic E-state index is 15.6. The van der Waals surface area contributed by atoms with Crippen LogP contribution in [-0.2, 0) is 123 Å². The van der Waals surface area contributed by atoms with Crippen LogP contribution < -0.4 is 5.32 Å². The summed E-state index contributed by atoms with van der Waals surface area (Å²) < 4.78 is 148. The molecule has 0 bridgehead atoms. The Labute approximate surface area is 629 Å². The Bertz CT molecular complexity index is 3950. The quantitative estimate of drug-likeness (QED) is 0.00653. The first-order valence-corrected chi connectivity index (χ1v) is 34.0. The van der Waals surface area contributed by atoms with Crippen molar-refractivity contribution in [2.75, 3.05) is 33.5 Å². The third kappa shape index (κ3) is 24.4. The predicted molar refractivity (Wildman–Crippen MR) is 366 cm³/mol. The van der Waals surface area contributed by atoms with E-state index in [0.717, 1.165) is 41.7 Å². The van der Waals surface area contributed by atoms with Gasteiger partial charge in [-0.15, -0.1) is 0 Å². The van der Waals surface area contributed by atoms with Crippen molar-refractivity contribution in [2.24, 2.45) is 10.1 Å². The molecule has 3 saturated heterocycles. The van der Waals surface area contributed by atoms with E-state index in [1.807, 2.05) is 0 Å². The first-order chi connectivity index (χ1) is 51.4. The van der Waals surface area contributed by atoms with E-state index in [0.29, 0.717) is 11.1 Å². The van der Waals surface area contributed by atoms with Gasteiger partial charge in [-0.25, -0.2) is 24.2 Å². The van der Waals surface area contributed by atoms with Gasteiger partial charge in [-0.05, 0) is 53.1 Å². The Morgan fingerprint density at radius 2 is 1.15 bits per heavy atom. The molecule has 0 aliphatic carbocycles. The van der Waals surface area contributed by atoms with E-state index in [-0.39, 0.29) is 23.4 Å². The van der Waals surface area contributed by atoms with Gasteiger partial charge in [0.05, 0.1) is 56.8 Å². The molecule has 108 heavy (non-hydrogen) atoms. The molecule has 0 aromatic heterocycles. The van der Waals surface area contributed by atoms with E-state index in [9.17, 15) is 48.7 Å². The average molecular weight is 1580 g/mol. The average Bonchev–Trinajstić information content (AvgIpc) is 0.764. The lowest BCUT2D eigenvalue weighted by Gasteiger charge is -2.50. The Balaban J connectivity index is 1.37.